The first-order chi connectivity index (χ1) is 6.34. The Morgan fingerprint density at radius 1 is 1.38 bits per heavy atom. The Morgan fingerprint density at radius 2 is 2.31 bits per heavy atom. The first-order valence-electron chi connectivity index (χ1n) is 4.86. The Bertz CT molecular complexity index is 348. The van der Waals surface area contributed by atoms with Crippen molar-refractivity contribution in [3.8, 4) is 0 Å². The quantitative estimate of drug-likeness (QED) is 0.732. The highest BCUT2D eigenvalue weighted by Crippen LogP contribution is 2.41. The molecule has 1 aromatic carbocycles. The predicted molar refractivity (Wildman–Crippen MR) is 56.7 cm³/mol. The smallest absolute Gasteiger partial charge is 0.0355 e. The molecule has 3 rings (SSSR count). The van der Waals surface area contributed by atoms with Crippen molar-refractivity contribution in [3.05, 3.63) is 33.8 Å². The molecule has 2 heteroatoms. The van der Waals surface area contributed by atoms with Gasteiger partial charge in [-0.1, -0.05) is 22.0 Å². The van der Waals surface area contributed by atoms with Gasteiger partial charge in [0.15, 0.2) is 0 Å². The molecule has 2 aliphatic rings. The minimum Gasteiger partial charge on any atom is -0.310 e. The molecular formula is C11H12BrN. The summed E-state index contributed by atoms with van der Waals surface area (Å²) < 4.78 is 1.21. The monoisotopic (exact) mass is 237 g/mol. The molecule has 2 unspecified atom stereocenters. The molecule has 0 spiro atoms. The molecule has 0 radical (unpaired) electrons. The van der Waals surface area contributed by atoms with E-state index in [2.05, 4.69) is 39.4 Å². The van der Waals surface area contributed by atoms with Crippen molar-refractivity contribution >= 4 is 15.9 Å². The van der Waals surface area contributed by atoms with Crippen LogP contribution >= 0.6 is 15.9 Å². The fraction of sp³-hybridized carbons (Fsp3) is 0.455. The SMILES string of the molecule is Brc1ccc2c(c1)CC1CCNC21. The zero-order valence-corrected chi connectivity index (χ0v) is 8.97. The van der Waals surface area contributed by atoms with E-state index in [0.29, 0.717) is 6.04 Å². The van der Waals surface area contributed by atoms with Crippen LogP contribution in [0, 0.1) is 5.92 Å². The number of halogens is 1. The van der Waals surface area contributed by atoms with Crippen LogP contribution < -0.4 is 5.32 Å². The van der Waals surface area contributed by atoms with E-state index in [9.17, 15) is 0 Å². The molecule has 13 heavy (non-hydrogen) atoms. The summed E-state index contributed by atoms with van der Waals surface area (Å²) in [6.07, 6.45) is 2.61. The third-order valence-corrected chi connectivity index (χ3v) is 3.77. The van der Waals surface area contributed by atoms with Crippen LogP contribution in [0.4, 0.5) is 0 Å². The fourth-order valence-corrected chi connectivity index (χ4v) is 3.09. The minimum atomic E-state index is 0.656. The molecule has 0 bridgehead atoms. The van der Waals surface area contributed by atoms with Gasteiger partial charge in [-0.15, -0.1) is 0 Å². The van der Waals surface area contributed by atoms with Crippen molar-refractivity contribution in [3.63, 3.8) is 0 Å². The molecule has 0 saturated carbocycles. The van der Waals surface area contributed by atoms with E-state index < -0.39 is 0 Å². The largest absolute Gasteiger partial charge is 0.310 e. The van der Waals surface area contributed by atoms with Gasteiger partial charge in [0.25, 0.3) is 0 Å². The topological polar surface area (TPSA) is 12.0 Å². The van der Waals surface area contributed by atoms with Crippen LogP contribution in [-0.4, -0.2) is 6.54 Å². The molecule has 1 N–H and O–H groups in total. The number of nitrogens with one attached hydrogen (secondary N) is 1. The maximum atomic E-state index is 3.58. The lowest BCUT2D eigenvalue weighted by Crippen LogP contribution is -2.13. The Kier molecular flexibility index (Phi) is 1.74. The maximum Gasteiger partial charge on any atom is 0.0355 e. The summed E-state index contributed by atoms with van der Waals surface area (Å²) in [7, 11) is 0. The number of rotatable bonds is 0. The molecule has 68 valence electrons. The van der Waals surface area contributed by atoms with E-state index in [0.717, 1.165) is 5.92 Å². The Hall–Kier alpha value is -0.340. The van der Waals surface area contributed by atoms with Crippen molar-refractivity contribution in [1.82, 2.24) is 5.32 Å². The molecule has 1 fully saturated rings. The molecule has 1 nitrogen and oxygen atoms in total. The van der Waals surface area contributed by atoms with Gasteiger partial charge in [-0.2, -0.15) is 0 Å². The lowest BCUT2D eigenvalue weighted by molar-refractivity contribution is 0.504. The molecule has 2 atom stereocenters. The van der Waals surface area contributed by atoms with E-state index in [-0.39, 0.29) is 0 Å². The van der Waals surface area contributed by atoms with Gasteiger partial charge in [-0.25, -0.2) is 0 Å². The van der Waals surface area contributed by atoms with E-state index in [1.165, 1.54) is 35.0 Å². The highest BCUT2D eigenvalue weighted by molar-refractivity contribution is 9.10. The first kappa shape index (κ1) is 8.01. The van der Waals surface area contributed by atoms with Crippen LogP contribution in [0.1, 0.15) is 23.6 Å². The van der Waals surface area contributed by atoms with Crippen LogP contribution in [0.15, 0.2) is 22.7 Å². The third kappa shape index (κ3) is 1.16. The van der Waals surface area contributed by atoms with Crippen LogP contribution in [-0.2, 0) is 6.42 Å². The molecule has 1 aliphatic carbocycles. The van der Waals surface area contributed by atoms with E-state index in [1.54, 1.807) is 0 Å². The fourth-order valence-electron chi connectivity index (χ4n) is 2.68. The molecular weight excluding hydrogens is 226 g/mol. The van der Waals surface area contributed by atoms with Gasteiger partial charge in [0.1, 0.15) is 0 Å². The standard InChI is InChI=1S/C11H12BrN/c12-9-1-2-10-8(6-9)5-7-3-4-13-11(7)10/h1-2,6-7,11,13H,3-5H2. The lowest BCUT2D eigenvalue weighted by Gasteiger charge is -2.09. The van der Waals surface area contributed by atoms with Crippen molar-refractivity contribution in [2.24, 2.45) is 5.92 Å². The van der Waals surface area contributed by atoms with Gasteiger partial charge >= 0.3 is 0 Å². The Morgan fingerprint density at radius 3 is 3.23 bits per heavy atom. The minimum absolute atomic E-state index is 0.656. The first-order valence-corrected chi connectivity index (χ1v) is 5.65. The predicted octanol–water partition coefficient (Wildman–Crippen LogP) is 2.66. The van der Waals surface area contributed by atoms with Crippen molar-refractivity contribution in [2.45, 2.75) is 18.9 Å². The van der Waals surface area contributed by atoms with Crippen molar-refractivity contribution in [1.29, 1.82) is 0 Å². The van der Waals surface area contributed by atoms with E-state index >= 15 is 0 Å². The summed E-state index contributed by atoms with van der Waals surface area (Å²) >= 11 is 3.52. The van der Waals surface area contributed by atoms with E-state index in [1.807, 2.05) is 0 Å². The molecule has 0 aromatic heterocycles. The summed E-state index contributed by atoms with van der Waals surface area (Å²) in [4.78, 5) is 0. The highest BCUT2D eigenvalue weighted by Gasteiger charge is 2.35. The van der Waals surface area contributed by atoms with Crippen LogP contribution in [0.3, 0.4) is 0 Å². The summed E-state index contributed by atoms with van der Waals surface area (Å²) in [5, 5.41) is 3.58. The second-order valence-electron chi connectivity index (χ2n) is 4.03. The molecule has 1 aliphatic heterocycles. The average molecular weight is 238 g/mol. The Balaban J connectivity index is 2.08. The second kappa shape index (κ2) is 2.82. The van der Waals surface area contributed by atoms with Gasteiger partial charge in [-0.05, 0) is 48.6 Å². The van der Waals surface area contributed by atoms with Gasteiger partial charge < -0.3 is 5.32 Å². The summed E-state index contributed by atoms with van der Waals surface area (Å²) in [5.74, 6) is 0.865. The third-order valence-electron chi connectivity index (χ3n) is 3.27. The van der Waals surface area contributed by atoms with Crippen molar-refractivity contribution in [2.75, 3.05) is 6.54 Å². The van der Waals surface area contributed by atoms with Gasteiger partial charge in [0.05, 0.1) is 0 Å². The molecule has 0 amide bonds. The highest BCUT2D eigenvalue weighted by atomic mass is 79.9. The summed E-state index contributed by atoms with van der Waals surface area (Å²) in [6.45, 7) is 1.20. The molecule has 1 aromatic rings. The lowest BCUT2D eigenvalue weighted by atomic mass is 10.0. The second-order valence-corrected chi connectivity index (χ2v) is 4.94. The normalized spacial score (nSPS) is 30.2. The maximum absolute atomic E-state index is 3.58. The van der Waals surface area contributed by atoms with E-state index in [4.69, 9.17) is 0 Å². The van der Waals surface area contributed by atoms with Gasteiger partial charge in [-0.3, -0.25) is 0 Å². The zero-order chi connectivity index (χ0) is 8.84. The van der Waals surface area contributed by atoms with Gasteiger partial charge in [0, 0.05) is 10.5 Å². The van der Waals surface area contributed by atoms with Gasteiger partial charge in [0.2, 0.25) is 0 Å². The number of hydrogen-bond acceptors (Lipinski definition) is 1. The van der Waals surface area contributed by atoms with Crippen molar-refractivity contribution < 1.29 is 0 Å². The molecule has 1 saturated heterocycles. The number of benzene rings is 1. The zero-order valence-electron chi connectivity index (χ0n) is 7.39. The van der Waals surface area contributed by atoms with Crippen LogP contribution in [0.2, 0.25) is 0 Å². The summed E-state index contributed by atoms with van der Waals surface area (Å²) in [5.41, 5.74) is 3.07. The average Bonchev–Trinajstić information content (AvgIpc) is 2.62. The Labute approximate surface area is 86.7 Å². The molecule has 1 heterocycles. The summed E-state index contributed by atoms with van der Waals surface area (Å²) in [6, 6.07) is 7.35. The van der Waals surface area contributed by atoms with Crippen LogP contribution in [0.5, 0.6) is 0 Å². The number of hydrogen-bond donors (Lipinski definition) is 1. The number of fused-ring (bicyclic) bond motifs is 3. The van der Waals surface area contributed by atoms with Crippen LogP contribution in [0.25, 0.3) is 0 Å².